The van der Waals surface area contributed by atoms with Gasteiger partial charge < -0.3 is 15.2 Å². The number of amides is 1. The van der Waals surface area contributed by atoms with Crippen LogP contribution in [0, 0.1) is 11.8 Å². The van der Waals surface area contributed by atoms with E-state index in [-0.39, 0.29) is 5.56 Å². The largest absolute Gasteiger partial charge is 0.342 e. The van der Waals surface area contributed by atoms with Gasteiger partial charge in [-0.05, 0) is 42.7 Å². The first-order chi connectivity index (χ1) is 12.1. The molecule has 0 bridgehead atoms. The standard InChI is InChI=1S/C20H25N3O2/c1-13-12-23(20(25)14-6-7-14)9-8-17(13)21-11-16-10-15-4-2-3-5-18(15)22-19(16)24/h2-5,10,13-14,17,21H,6-9,11-12H2,1H3,(H,22,24). The zero-order valence-electron chi connectivity index (χ0n) is 14.6. The van der Waals surface area contributed by atoms with E-state index in [2.05, 4.69) is 17.2 Å². The number of fused-ring (bicyclic) bond motifs is 1. The van der Waals surface area contributed by atoms with Gasteiger partial charge in [-0.25, -0.2) is 0 Å². The molecule has 2 N–H and O–H groups in total. The second kappa shape index (κ2) is 6.64. The molecular weight excluding hydrogens is 314 g/mol. The van der Waals surface area contributed by atoms with Crippen LogP contribution >= 0.6 is 0 Å². The summed E-state index contributed by atoms with van der Waals surface area (Å²) in [7, 11) is 0. The van der Waals surface area contributed by atoms with E-state index in [1.54, 1.807) is 0 Å². The van der Waals surface area contributed by atoms with Crippen LogP contribution in [-0.4, -0.2) is 34.9 Å². The molecule has 25 heavy (non-hydrogen) atoms. The highest BCUT2D eigenvalue weighted by atomic mass is 16.2. The lowest BCUT2D eigenvalue weighted by molar-refractivity contribution is -0.134. The first-order valence-electron chi connectivity index (χ1n) is 9.25. The van der Waals surface area contributed by atoms with Crippen LogP contribution in [0.3, 0.4) is 0 Å². The third-order valence-corrected chi connectivity index (χ3v) is 5.53. The molecule has 0 spiro atoms. The second-order valence-corrected chi connectivity index (χ2v) is 7.52. The van der Waals surface area contributed by atoms with Crippen molar-refractivity contribution in [2.75, 3.05) is 13.1 Å². The van der Waals surface area contributed by atoms with Gasteiger partial charge in [-0.1, -0.05) is 25.1 Å². The summed E-state index contributed by atoms with van der Waals surface area (Å²) in [6, 6.07) is 10.1. The maximum atomic E-state index is 12.3. The number of carbonyl (C=O) groups is 1. The van der Waals surface area contributed by atoms with Gasteiger partial charge in [-0.2, -0.15) is 0 Å². The lowest BCUT2D eigenvalue weighted by Gasteiger charge is -2.37. The topological polar surface area (TPSA) is 65.2 Å². The average molecular weight is 339 g/mol. The van der Waals surface area contributed by atoms with Gasteiger partial charge >= 0.3 is 0 Å². The number of carbonyl (C=O) groups excluding carboxylic acids is 1. The molecule has 1 amide bonds. The van der Waals surface area contributed by atoms with Crippen LogP contribution in [-0.2, 0) is 11.3 Å². The summed E-state index contributed by atoms with van der Waals surface area (Å²) in [5.74, 6) is 1.04. The number of benzene rings is 1. The van der Waals surface area contributed by atoms with Crippen molar-refractivity contribution in [2.24, 2.45) is 11.8 Å². The van der Waals surface area contributed by atoms with Crippen LogP contribution in [0.1, 0.15) is 31.7 Å². The fourth-order valence-corrected chi connectivity index (χ4v) is 3.80. The molecule has 5 nitrogen and oxygen atoms in total. The van der Waals surface area contributed by atoms with Gasteiger partial charge in [0.05, 0.1) is 0 Å². The molecule has 5 heteroatoms. The Balaban J connectivity index is 1.39. The van der Waals surface area contributed by atoms with E-state index < -0.39 is 0 Å². The van der Waals surface area contributed by atoms with Crippen molar-refractivity contribution >= 4 is 16.8 Å². The van der Waals surface area contributed by atoms with Crippen molar-refractivity contribution in [1.29, 1.82) is 0 Å². The van der Waals surface area contributed by atoms with Gasteiger partial charge in [0.15, 0.2) is 0 Å². The number of rotatable bonds is 4. The molecule has 2 fully saturated rings. The quantitative estimate of drug-likeness (QED) is 0.898. The fourth-order valence-electron chi connectivity index (χ4n) is 3.80. The Bertz CT molecular complexity index is 840. The zero-order valence-corrected chi connectivity index (χ0v) is 14.6. The number of nitrogens with zero attached hydrogens (tertiary/aromatic N) is 1. The molecular formula is C20H25N3O2. The highest BCUT2D eigenvalue weighted by Gasteiger charge is 2.36. The molecule has 1 aromatic heterocycles. The Morgan fingerprint density at radius 2 is 2.08 bits per heavy atom. The van der Waals surface area contributed by atoms with Gasteiger partial charge in [0.2, 0.25) is 5.91 Å². The Hall–Kier alpha value is -2.14. The monoisotopic (exact) mass is 339 g/mol. The first kappa shape index (κ1) is 16.3. The molecule has 1 aliphatic carbocycles. The van der Waals surface area contributed by atoms with Crippen molar-refractivity contribution in [3.63, 3.8) is 0 Å². The van der Waals surface area contributed by atoms with Crippen LogP contribution in [0.4, 0.5) is 0 Å². The van der Waals surface area contributed by atoms with Crippen LogP contribution in [0.2, 0.25) is 0 Å². The number of likely N-dealkylation sites (tertiary alicyclic amines) is 1. The lowest BCUT2D eigenvalue weighted by Crippen LogP contribution is -2.50. The highest BCUT2D eigenvalue weighted by Crippen LogP contribution is 2.32. The van der Waals surface area contributed by atoms with Crippen LogP contribution in [0.5, 0.6) is 0 Å². The smallest absolute Gasteiger partial charge is 0.252 e. The molecule has 2 heterocycles. The molecule has 0 radical (unpaired) electrons. The van der Waals surface area contributed by atoms with Crippen LogP contribution in [0.25, 0.3) is 10.9 Å². The van der Waals surface area contributed by atoms with Gasteiger partial charge in [-0.15, -0.1) is 0 Å². The third-order valence-electron chi connectivity index (χ3n) is 5.53. The van der Waals surface area contributed by atoms with E-state index in [1.807, 2.05) is 35.2 Å². The fraction of sp³-hybridized carbons (Fsp3) is 0.500. The first-order valence-corrected chi connectivity index (χ1v) is 9.25. The number of hydrogen-bond donors (Lipinski definition) is 2. The summed E-state index contributed by atoms with van der Waals surface area (Å²) in [4.78, 5) is 29.5. The van der Waals surface area contributed by atoms with E-state index in [1.165, 1.54) is 0 Å². The molecule has 132 valence electrons. The zero-order chi connectivity index (χ0) is 17.4. The van der Waals surface area contributed by atoms with E-state index in [0.29, 0.717) is 30.3 Å². The predicted octanol–water partition coefficient (Wildman–Crippen LogP) is 2.26. The molecule has 1 aromatic carbocycles. The number of nitrogens with one attached hydrogen (secondary N) is 2. The van der Waals surface area contributed by atoms with E-state index in [4.69, 9.17) is 0 Å². The number of hydrogen-bond acceptors (Lipinski definition) is 3. The van der Waals surface area contributed by atoms with Gasteiger partial charge in [0, 0.05) is 42.7 Å². The van der Waals surface area contributed by atoms with Crippen molar-refractivity contribution in [3.8, 4) is 0 Å². The summed E-state index contributed by atoms with van der Waals surface area (Å²) >= 11 is 0. The molecule has 1 aliphatic heterocycles. The van der Waals surface area contributed by atoms with Gasteiger partial charge in [0.1, 0.15) is 0 Å². The molecule has 2 unspecified atom stereocenters. The minimum absolute atomic E-state index is 0.0276. The second-order valence-electron chi connectivity index (χ2n) is 7.52. The minimum atomic E-state index is -0.0276. The molecule has 2 aromatic rings. The van der Waals surface area contributed by atoms with E-state index in [9.17, 15) is 9.59 Å². The highest BCUT2D eigenvalue weighted by molar-refractivity contribution is 5.81. The van der Waals surface area contributed by atoms with Crippen molar-refractivity contribution in [1.82, 2.24) is 15.2 Å². The average Bonchev–Trinajstić information content (AvgIpc) is 3.45. The number of pyridine rings is 1. The van der Waals surface area contributed by atoms with Crippen LogP contribution in [0.15, 0.2) is 35.1 Å². The number of para-hydroxylation sites is 1. The summed E-state index contributed by atoms with van der Waals surface area (Å²) in [6.07, 6.45) is 3.08. The predicted molar refractivity (Wildman–Crippen MR) is 98.3 cm³/mol. The Morgan fingerprint density at radius 3 is 2.84 bits per heavy atom. The van der Waals surface area contributed by atoms with Crippen molar-refractivity contribution < 1.29 is 4.79 Å². The van der Waals surface area contributed by atoms with Gasteiger partial charge in [0.25, 0.3) is 5.56 Å². The SMILES string of the molecule is CC1CN(C(=O)C2CC2)CCC1NCc1cc2ccccc2[nH]c1=O. The molecule has 1 saturated heterocycles. The maximum Gasteiger partial charge on any atom is 0.252 e. The summed E-state index contributed by atoms with van der Waals surface area (Å²) in [6.45, 7) is 4.40. The van der Waals surface area contributed by atoms with E-state index >= 15 is 0 Å². The Kier molecular flexibility index (Phi) is 4.34. The van der Waals surface area contributed by atoms with Crippen LogP contribution < -0.4 is 10.9 Å². The van der Waals surface area contributed by atoms with Gasteiger partial charge in [-0.3, -0.25) is 9.59 Å². The summed E-state index contributed by atoms with van der Waals surface area (Å²) < 4.78 is 0. The van der Waals surface area contributed by atoms with E-state index in [0.717, 1.165) is 48.8 Å². The normalized spacial score (nSPS) is 23.8. The van der Waals surface area contributed by atoms with Crippen molar-refractivity contribution in [2.45, 2.75) is 38.8 Å². The lowest BCUT2D eigenvalue weighted by atomic mass is 9.93. The molecule has 1 saturated carbocycles. The number of H-pyrrole nitrogens is 1. The number of aromatic amines is 1. The number of aromatic nitrogens is 1. The molecule has 2 aliphatic rings. The summed E-state index contributed by atoms with van der Waals surface area (Å²) in [5.41, 5.74) is 1.61. The number of piperidine rings is 1. The van der Waals surface area contributed by atoms with Crippen molar-refractivity contribution in [3.05, 3.63) is 46.2 Å². The maximum absolute atomic E-state index is 12.3. The molecule has 4 rings (SSSR count). The molecule has 2 atom stereocenters. The Morgan fingerprint density at radius 1 is 1.28 bits per heavy atom. The minimum Gasteiger partial charge on any atom is -0.342 e. The third kappa shape index (κ3) is 3.47. The Labute approximate surface area is 147 Å². The summed E-state index contributed by atoms with van der Waals surface area (Å²) in [5, 5.41) is 4.59.